The maximum Gasteiger partial charge on any atom is 0.119 e. The largest absolute Gasteiger partial charge is 0.491 e. The molecule has 0 heterocycles. The van der Waals surface area contributed by atoms with Crippen LogP contribution in [0.5, 0.6) is 5.75 Å². The topological polar surface area (TPSA) is 29.5 Å². The number of rotatable bonds is 5. The minimum Gasteiger partial charge on any atom is -0.491 e. The van der Waals surface area contributed by atoms with Crippen molar-refractivity contribution in [2.45, 2.75) is 46.0 Å². The van der Waals surface area contributed by atoms with Crippen molar-refractivity contribution in [2.24, 2.45) is 17.8 Å². The average Bonchev–Trinajstić information content (AvgIpc) is 2.46. The molecule has 1 aromatic carbocycles. The van der Waals surface area contributed by atoms with Crippen LogP contribution in [0.2, 0.25) is 0 Å². The predicted octanol–water partition coefficient (Wildman–Crippen LogP) is 4.23. The molecule has 0 aliphatic heterocycles. The molecule has 112 valence electrons. The summed E-state index contributed by atoms with van der Waals surface area (Å²) in [5, 5.41) is 8.78. The Bertz CT molecular complexity index is 396. The lowest BCUT2D eigenvalue weighted by Gasteiger charge is -2.36. The van der Waals surface area contributed by atoms with Crippen LogP contribution in [0.3, 0.4) is 0 Å². The first-order valence-electron chi connectivity index (χ1n) is 7.95. The summed E-state index contributed by atoms with van der Waals surface area (Å²) in [6.45, 7) is 7.52. The van der Waals surface area contributed by atoms with Gasteiger partial charge in [0.1, 0.15) is 12.4 Å². The van der Waals surface area contributed by atoms with E-state index in [1.54, 1.807) is 0 Å². The third kappa shape index (κ3) is 3.76. The summed E-state index contributed by atoms with van der Waals surface area (Å²) in [5.74, 6) is 3.96. The number of hydrogen-bond acceptors (Lipinski definition) is 2. The Balaban J connectivity index is 2.05. The maximum atomic E-state index is 8.78. The molecule has 2 rings (SSSR count). The number of ether oxygens (including phenoxy) is 1. The van der Waals surface area contributed by atoms with Gasteiger partial charge in [-0.25, -0.2) is 0 Å². The van der Waals surface area contributed by atoms with Crippen molar-refractivity contribution in [3.05, 3.63) is 29.8 Å². The van der Waals surface area contributed by atoms with E-state index in [1.807, 2.05) is 12.1 Å². The molecule has 0 amide bonds. The van der Waals surface area contributed by atoms with Crippen molar-refractivity contribution in [3.8, 4) is 5.75 Å². The summed E-state index contributed by atoms with van der Waals surface area (Å²) in [6.07, 6.45) is 4.04. The molecule has 1 saturated carbocycles. The summed E-state index contributed by atoms with van der Waals surface area (Å²) in [4.78, 5) is 0. The highest BCUT2D eigenvalue weighted by Gasteiger charge is 2.30. The van der Waals surface area contributed by atoms with Crippen LogP contribution in [0, 0.1) is 17.8 Å². The van der Waals surface area contributed by atoms with E-state index in [1.165, 1.54) is 24.8 Å². The molecule has 0 saturated heterocycles. The molecule has 2 nitrogen and oxygen atoms in total. The van der Waals surface area contributed by atoms with Crippen LogP contribution in [0.15, 0.2) is 24.3 Å². The SMILES string of the molecule is CC(C)C1CCC(C)C(c2ccc(OCCO)cc2)C1. The van der Waals surface area contributed by atoms with Gasteiger partial charge in [0.05, 0.1) is 6.61 Å². The van der Waals surface area contributed by atoms with Gasteiger partial charge in [0, 0.05) is 0 Å². The number of aliphatic hydroxyl groups is 1. The first-order valence-corrected chi connectivity index (χ1v) is 7.95. The quantitative estimate of drug-likeness (QED) is 0.872. The van der Waals surface area contributed by atoms with Crippen molar-refractivity contribution in [2.75, 3.05) is 13.2 Å². The molecular formula is C18H28O2. The van der Waals surface area contributed by atoms with Gasteiger partial charge in [-0.1, -0.05) is 32.9 Å². The third-order valence-electron chi connectivity index (χ3n) is 4.85. The van der Waals surface area contributed by atoms with Crippen molar-refractivity contribution >= 4 is 0 Å². The zero-order chi connectivity index (χ0) is 14.5. The highest BCUT2D eigenvalue weighted by Crippen LogP contribution is 2.43. The van der Waals surface area contributed by atoms with Gasteiger partial charge in [0.25, 0.3) is 0 Å². The molecule has 0 bridgehead atoms. The van der Waals surface area contributed by atoms with Crippen LogP contribution in [0.25, 0.3) is 0 Å². The molecule has 1 aliphatic carbocycles. The molecular weight excluding hydrogens is 248 g/mol. The highest BCUT2D eigenvalue weighted by atomic mass is 16.5. The van der Waals surface area contributed by atoms with Crippen molar-refractivity contribution in [3.63, 3.8) is 0 Å². The third-order valence-corrected chi connectivity index (χ3v) is 4.85. The lowest BCUT2D eigenvalue weighted by atomic mass is 9.69. The van der Waals surface area contributed by atoms with Gasteiger partial charge in [-0.05, 0) is 60.6 Å². The summed E-state index contributed by atoms with van der Waals surface area (Å²) >= 11 is 0. The van der Waals surface area contributed by atoms with E-state index in [0.717, 1.165) is 23.5 Å². The second kappa shape index (κ2) is 7.12. The monoisotopic (exact) mass is 276 g/mol. The minimum atomic E-state index is 0.0669. The van der Waals surface area contributed by atoms with Crippen LogP contribution in [-0.2, 0) is 0 Å². The lowest BCUT2D eigenvalue weighted by Crippen LogP contribution is -2.24. The second-order valence-electron chi connectivity index (χ2n) is 6.54. The summed E-state index contributed by atoms with van der Waals surface area (Å²) in [7, 11) is 0. The van der Waals surface area contributed by atoms with E-state index >= 15 is 0 Å². The smallest absolute Gasteiger partial charge is 0.119 e. The molecule has 2 heteroatoms. The van der Waals surface area contributed by atoms with E-state index < -0.39 is 0 Å². The van der Waals surface area contributed by atoms with Crippen LogP contribution in [-0.4, -0.2) is 18.3 Å². The lowest BCUT2D eigenvalue weighted by molar-refractivity contribution is 0.200. The Morgan fingerprint density at radius 2 is 1.90 bits per heavy atom. The van der Waals surface area contributed by atoms with Gasteiger partial charge < -0.3 is 9.84 Å². The fraction of sp³-hybridized carbons (Fsp3) is 0.667. The van der Waals surface area contributed by atoms with E-state index in [0.29, 0.717) is 12.5 Å². The number of benzene rings is 1. The molecule has 1 aromatic rings. The molecule has 0 radical (unpaired) electrons. The standard InChI is InChI=1S/C18H28O2/c1-13(2)16-5-4-14(3)18(12-16)15-6-8-17(9-7-15)20-11-10-19/h6-9,13-14,16,18-19H,4-5,10-12H2,1-3H3. The van der Waals surface area contributed by atoms with Gasteiger partial charge in [0.2, 0.25) is 0 Å². The maximum absolute atomic E-state index is 8.78. The first kappa shape index (κ1) is 15.4. The van der Waals surface area contributed by atoms with E-state index in [4.69, 9.17) is 9.84 Å². The zero-order valence-corrected chi connectivity index (χ0v) is 13.0. The van der Waals surface area contributed by atoms with E-state index in [-0.39, 0.29) is 6.61 Å². The van der Waals surface area contributed by atoms with Crippen LogP contribution in [0.4, 0.5) is 0 Å². The molecule has 1 aliphatic rings. The average molecular weight is 276 g/mol. The first-order chi connectivity index (χ1) is 9.61. The summed E-state index contributed by atoms with van der Waals surface area (Å²) < 4.78 is 5.43. The minimum absolute atomic E-state index is 0.0669. The van der Waals surface area contributed by atoms with Gasteiger partial charge in [0.15, 0.2) is 0 Å². The van der Waals surface area contributed by atoms with Gasteiger partial charge in [-0.3, -0.25) is 0 Å². The molecule has 20 heavy (non-hydrogen) atoms. The normalized spacial score (nSPS) is 26.8. The molecule has 3 unspecified atom stereocenters. The van der Waals surface area contributed by atoms with Crippen LogP contribution < -0.4 is 4.74 Å². The van der Waals surface area contributed by atoms with Gasteiger partial charge >= 0.3 is 0 Å². The van der Waals surface area contributed by atoms with Gasteiger partial charge in [-0.2, -0.15) is 0 Å². The zero-order valence-electron chi connectivity index (χ0n) is 13.0. The van der Waals surface area contributed by atoms with Crippen molar-refractivity contribution in [1.29, 1.82) is 0 Å². The Kier molecular flexibility index (Phi) is 5.47. The van der Waals surface area contributed by atoms with Crippen LogP contribution in [0.1, 0.15) is 51.5 Å². The Labute approximate surface area is 123 Å². The molecule has 3 atom stereocenters. The number of hydrogen-bond donors (Lipinski definition) is 1. The fourth-order valence-electron chi connectivity index (χ4n) is 3.40. The van der Waals surface area contributed by atoms with Crippen molar-refractivity contribution in [1.82, 2.24) is 0 Å². The Hall–Kier alpha value is -1.02. The Morgan fingerprint density at radius 3 is 2.50 bits per heavy atom. The van der Waals surface area contributed by atoms with E-state index in [2.05, 4.69) is 32.9 Å². The molecule has 1 fully saturated rings. The second-order valence-corrected chi connectivity index (χ2v) is 6.54. The summed E-state index contributed by atoms with van der Waals surface area (Å²) in [5.41, 5.74) is 1.44. The number of aliphatic hydroxyl groups excluding tert-OH is 1. The highest BCUT2D eigenvalue weighted by molar-refractivity contribution is 5.30. The van der Waals surface area contributed by atoms with Gasteiger partial charge in [-0.15, -0.1) is 0 Å². The summed E-state index contributed by atoms with van der Waals surface area (Å²) in [6, 6.07) is 8.49. The van der Waals surface area contributed by atoms with Crippen LogP contribution >= 0.6 is 0 Å². The predicted molar refractivity (Wildman–Crippen MR) is 83.1 cm³/mol. The Morgan fingerprint density at radius 1 is 1.20 bits per heavy atom. The molecule has 0 aromatic heterocycles. The fourth-order valence-corrected chi connectivity index (χ4v) is 3.40. The molecule has 1 N–H and O–H groups in total. The van der Waals surface area contributed by atoms with Crippen molar-refractivity contribution < 1.29 is 9.84 Å². The molecule has 0 spiro atoms. The van der Waals surface area contributed by atoms with E-state index in [9.17, 15) is 0 Å².